The Hall–Kier alpha value is -0.690. The molecule has 0 aliphatic carbocycles. The fraction of sp³-hybridized carbons (Fsp3) is 0.375. The molecule has 15 heavy (non-hydrogen) atoms. The number of aliphatic hydroxyl groups excluding tert-OH is 1. The predicted molar refractivity (Wildman–Crippen MR) is 56.1 cm³/mol. The third kappa shape index (κ3) is 3.13. The fourth-order valence-corrected chi connectivity index (χ4v) is 2.59. The van der Waals surface area contributed by atoms with Gasteiger partial charge in [0.2, 0.25) is 10.0 Å². The Morgan fingerprint density at radius 3 is 2.87 bits per heavy atom. The van der Waals surface area contributed by atoms with Gasteiger partial charge in [-0.3, -0.25) is 4.98 Å². The summed E-state index contributed by atoms with van der Waals surface area (Å²) in [6, 6.07) is 0.825. The highest BCUT2D eigenvalue weighted by molar-refractivity contribution is 7.89. The summed E-state index contributed by atoms with van der Waals surface area (Å²) in [5.41, 5.74) is 0. The molecule has 84 valence electrons. The zero-order chi connectivity index (χ0) is 11.5. The number of nitrogens with zero attached hydrogens (tertiary/aromatic N) is 1. The summed E-state index contributed by atoms with van der Waals surface area (Å²) in [6.45, 7) is 1.26. The first-order chi connectivity index (χ1) is 6.97. The SMILES string of the molecule is C[C@H](CO)NS(=O)(=O)c1cnccc1Cl. The summed E-state index contributed by atoms with van der Waals surface area (Å²) >= 11 is 5.71. The minimum Gasteiger partial charge on any atom is -0.395 e. The summed E-state index contributed by atoms with van der Waals surface area (Å²) in [4.78, 5) is 3.59. The molecule has 0 bridgehead atoms. The Bertz CT molecular complexity index is 435. The number of nitrogens with one attached hydrogen (secondary N) is 1. The molecule has 0 amide bonds. The van der Waals surface area contributed by atoms with Gasteiger partial charge in [0.15, 0.2) is 0 Å². The summed E-state index contributed by atoms with van der Waals surface area (Å²) in [7, 11) is -3.71. The topological polar surface area (TPSA) is 79.3 Å². The van der Waals surface area contributed by atoms with E-state index in [2.05, 4.69) is 9.71 Å². The second-order valence-corrected chi connectivity index (χ2v) is 5.10. The van der Waals surface area contributed by atoms with Crippen LogP contribution in [0.4, 0.5) is 0 Å². The summed E-state index contributed by atoms with van der Waals surface area (Å²) in [6.07, 6.45) is 2.56. The van der Waals surface area contributed by atoms with Gasteiger partial charge in [-0.2, -0.15) is 0 Å². The van der Waals surface area contributed by atoms with Crippen molar-refractivity contribution in [2.24, 2.45) is 0 Å². The molecule has 2 N–H and O–H groups in total. The molecule has 0 saturated carbocycles. The van der Waals surface area contributed by atoms with E-state index in [1.54, 1.807) is 6.92 Å². The molecule has 1 rings (SSSR count). The maximum atomic E-state index is 11.7. The Kier molecular flexibility index (Phi) is 4.04. The molecule has 0 aromatic carbocycles. The lowest BCUT2D eigenvalue weighted by Crippen LogP contribution is -2.35. The van der Waals surface area contributed by atoms with E-state index >= 15 is 0 Å². The first kappa shape index (κ1) is 12.4. The van der Waals surface area contributed by atoms with Crippen LogP contribution in [-0.4, -0.2) is 31.2 Å². The largest absolute Gasteiger partial charge is 0.395 e. The first-order valence-corrected chi connectivity index (χ1v) is 6.06. The number of hydrogen-bond acceptors (Lipinski definition) is 4. The van der Waals surface area contributed by atoms with Crippen molar-refractivity contribution in [3.8, 4) is 0 Å². The Morgan fingerprint density at radius 1 is 1.67 bits per heavy atom. The number of rotatable bonds is 4. The second kappa shape index (κ2) is 4.89. The van der Waals surface area contributed by atoms with E-state index < -0.39 is 16.1 Å². The molecule has 0 radical (unpaired) electrons. The Labute approximate surface area is 93.2 Å². The van der Waals surface area contributed by atoms with Crippen LogP contribution in [0.3, 0.4) is 0 Å². The summed E-state index contributed by atoms with van der Waals surface area (Å²) in [5, 5.41) is 8.84. The van der Waals surface area contributed by atoms with Crippen LogP contribution in [0, 0.1) is 0 Å². The van der Waals surface area contributed by atoms with Gasteiger partial charge in [-0.15, -0.1) is 0 Å². The van der Waals surface area contributed by atoms with E-state index in [1.165, 1.54) is 12.3 Å². The van der Waals surface area contributed by atoms with Gasteiger partial charge in [-0.1, -0.05) is 11.6 Å². The number of aromatic nitrogens is 1. The lowest BCUT2D eigenvalue weighted by molar-refractivity contribution is 0.265. The lowest BCUT2D eigenvalue weighted by Gasteiger charge is -2.11. The molecule has 0 aliphatic rings. The highest BCUT2D eigenvalue weighted by atomic mass is 35.5. The van der Waals surface area contributed by atoms with Crippen LogP contribution in [0.25, 0.3) is 0 Å². The third-order valence-electron chi connectivity index (χ3n) is 1.65. The van der Waals surface area contributed by atoms with Crippen molar-refractivity contribution in [2.75, 3.05) is 6.61 Å². The Morgan fingerprint density at radius 2 is 2.33 bits per heavy atom. The zero-order valence-corrected chi connectivity index (χ0v) is 9.59. The van der Waals surface area contributed by atoms with Crippen LogP contribution >= 0.6 is 11.6 Å². The van der Waals surface area contributed by atoms with Crippen molar-refractivity contribution in [3.05, 3.63) is 23.5 Å². The molecule has 1 atom stereocenters. The molecule has 0 saturated heterocycles. The zero-order valence-electron chi connectivity index (χ0n) is 8.01. The van der Waals surface area contributed by atoms with Crippen molar-refractivity contribution in [1.82, 2.24) is 9.71 Å². The van der Waals surface area contributed by atoms with E-state index in [4.69, 9.17) is 16.7 Å². The second-order valence-electron chi connectivity index (χ2n) is 3.01. The molecule has 0 fully saturated rings. The molecule has 0 unspecified atom stereocenters. The average molecular weight is 251 g/mol. The highest BCUT2D eigenvalue weighted by Crippen LogP contribution is 2.18. The van der Waals surface area contributed by atoms with Crippen LogP contribution in [-0.2, 0) is 10.0 Å². The van der Waals surface area contributed by atoms with Gasteiger partial charge < -0.3 is 5.11 Å². The van der Waals surface area contributed by atoms with E-state index in [0.29, 0.717) is 0 Å². The van der Waals surface area contributed by atoms with Gasteiger partial charge >= 0.3 is 0 Å². The predicted octanol–water partition coefficient (Wildman–Crippen LogP) is 0.394. The van der Waals surface area contributed by atoms with Crippen molar-refractivity contribution >= 4 is 21.6 Å². The molecule has 0 spiro atoms. The number of pyridine rings is 1. The van der Waals surface area contributed by atoms with E-state index in [9.17, 15) is 8.42 Å². The molecular weight excluding hydrogens is 240 g/mol. The smallest absolute Gasteiger partial charge is 0.243 e. The molecular formula is C8H11ClN2O3S. The molecule has 5 nitrogen and oxygen atoms in total. The van der Waals surface area contributed by atoms with Crippen molar-refractivity contribution in [3.63, 3.8) is 0 Å². The first-order valence-electron chi connectivity index (χ1n) is 4.20. The maximum Gasteiger partial charge on any atom is 0.243 e. The molecule has 1 heterocycles. The van der Waals surface area contributed by atoms with Crippen LogP contribution in [0.5, 0.6) is 0 Å². The Balaban J connectivity index is 3.02. The number of aliphatic hydroxyl groups is 1. The van der Waals surface area contributed by atoms with E-state index in [0.717, 1.165) is 6.20 Å². The lowest BCUT2D eigenvalue weighted by atomic mass is 10.4. The molecule has 7 heteroatoms. The highest BCUT2D eigenvalue weighted by Gasteiger charge is 2.19. The van der Waals surface area contributed by atoms with Crippen LogP contribution in [0.15, 0.2) is 23.4 Å². The minimum atomic E-state index is -3.71. The van der Waals surface area contributed by atoms with Crippen LogP contribution in [0.2, 0.25) is 5.02 Å². The molecule has 0 aliphatic heterocycles. The van der Waals surface area contributed by atoms with E-state index in [-0.39, 0.29) is 16.5 Å². The van der Waals surface area contributed by atoms with Gasteiger partial charge in [0.25, 0.3) is 0 Å². The standard InChI is InChI=1S/C8H11ClN2O3S/c1-6(5-12)11-15(13,14)8-4-10-3-2-7(8)9/h2-4,6,11-12H,5H2,1H3/t6-/m1/s1. The van der Waals surface area contributed by atoms with Gasteiger partial charge in [-0.05, 0) is 13.0 Å². The molecule has 1 aromatic rings. The van der Waals surface area contributed by atoms with E-state index in [1.807, 2.05) is 0 Å². The van der Waals surface area contributed by atoms with Crippen LogP contribution in [0.1, 0.15) is 6.92 Å². The average Bonchev–Trinajstić information content (AvgIpc) is 2.17. The van der Waals surface area contributed by atoms with Crippen molar-refractivity contribution in [2.45, 2.75) is 17.9 Å². The fourth-order valence-electron chi connectivity index (χ4n) is 0.926. The van der Waals surface area contributed by atoms with Gasteiger partial charge in [-0.25, -0.2) is 13.1 Å². The van der Waals surface area contributed by atoms with Crippen molar-refractivity contribution < 1.29 is 13.5 Å². The summed E-state index contributed by atoms with van der Waals surface area (Å²) in [5.74, 6) is 0. The monoisotopic (exact) mass is 250 g/mol. The minimum absolute atomic E-state index is 0.0908. The maximum absolute atomic E-state index is 11.7. The van der Waals surface area contributed by atoms with Gasteiger partial charge in [0.1, 0.15) is 4.90 Å². The number of halogens is 1. The van der Waals surface area contributed by atoms with Gasteiger partial charge in [0.05, 0.1) is 11.6 Å². The van der Waals surface area contributed by atoms with Crippen LogP contribution < -0.4 is 4.72 Å². The third-order valence-corrected chi connectivity index (χ3v) is 3.71. The van der Waals surface area contributed by atoms with Gasteiger partial charge in [0, 0.05) is 18.4 Å². The normalized spacial score (nSPS) is 13.8. The number of sulfonamides is 1. The molecule has 1 aromatic heterocycles. The summed E-state index contributed by atoms with van der Waals surface area (Å²) < 4.78 is 25.6. The quantitative estimate of drug-likeness (QED) is 0.811. The van der Waals surface area contributed by atoms with Crippen molar-refractivity contribution in [1.29, 1.82) is 0 Å². The number of hydrogen-bond donors (Lipinski definition) is 2.